The van der Waals surface area contributed by atoms with Gasteiger partial charge in [0.1, 0.15) is 28.9 Å². The minimum Gasteiger partial charge on any atom is -0.480 e. The van der Waals surface area contributed by atoms with Gasteiger partial charge in [-0.3, -0.25) is 9.36 Å². The van der Waals surface area contributed by atoms with Crippen LogP contribution in [0.4, 0.5) is 27.6 Å². The zero-order valence-electron chi connectivity index (χ0n) is 18.6. The third-order valence-corrected chi connectivity index (χ3v) is 4.91. The number of amides is 1. The second-order valence-electron chi connectivity index (χ2n) is 7.74. The number of aromatic nitrogens is 3. The van der Waals surface area contributed by atoms with Crippen molar-refractivity contribution in [1.29, 1.82) is 0 Å². The first-order valence-electron chi connectivity index (χ1n) is 10.1. The Kier molecular flexibility index (Phi) is 6.80. The summed E-state index contributed by atoms with van der Waals surface area (Å²) in [5.74, 6) is -3.47. The zero-order valence-corrected chi connectivity index (χ0v) is 18.6. The number of rotatable bonds is 6. The van der Waals surface area contributed by atoms with Gasteiger partial charge >= 0.3 is 11.9 Å². The molecule has 0 saturated heterocycles. The molecule has 3 rings (SSSR count). The zero-order chi connectivity index (χ0) is 25.4. The van der Waals surface area contributed by atoms with Gasteiger partial charge in [0.2, 0.25) is 0 Å². The van der Waals surface area contributed by atoms with Crippen LogP contribution in [0.3, 0.4) is 0 Å². The summed E-state index contributed by atoms with van der Waals surface area (Å²) in [4.78, 5) is 25.5. The highest BCUT2D eigenvalue weighted by molar-refractivity contribution is 6.06. The van der Waals surface area contributed by atoms with Crippen molar-refractivity contribution in [2.75, 3.05) is 5.32 Å². The molecule has 0 saturated carbocycles. The van der Waals surface area contributed by atoms with Gasteiger partial charge < -0.3 is 10.1 Å². The summed E-state index contributed by atoms with van der Waals surface area (Å²) in [6.45, 7) is 5.61. The Hall–Kier alpha value is -3.70. The Morgan fingerprint density at radius 1 is 1.09 bits per heavy atom. The molecular weight excluding hydrogens is 463 g/mol. The van der Waals surface area contributed by atoms with Gasteiger partial charge in [-0.2, -0.15) is 23.0 Å². The van der Waals surface area contributed by atoms with Crippen LogP contribution in [-0.2, 0) is 0 Å². The Bertz CT molecular complexity index is 1280. The first-order chi connectivity index (χ1) is 15.8. The quantitative estimate of drug-likeness (QED) is 0.511. The molecule has 0 spiro atoms. The lowest BCUT2D eigenvalue weighted by Gasteiger charge is -2.20. The van der Waals surface area contributed by atoms with Gasteiger partial charge in [-0.05, 0) is 45.9 Å². The standard InChI is InChI=1S/C22H21F5N4O3/c1-11(2)30-13(4)29-31(21(30)33)18-10-19(34-12(3)22(25,26)27)14(9-16(18)24)20(32)28-17-8-6-5-7-15(17)23/h5-12H,1-4H3,(H,28,32)/t12-/m0/s1. The number of halogens is 5. The van der Waals surface area contributed by atoms with Crippen molar-refractivity contribution in [2.45, 2.75) is 46.0 Å². The SMILES string of the molecule is Cc1nn(-c2cc(O[C@@H](C)C(F)(F)F)c(C(=O)Nc3ccccc3F)cc2F)c(=O)n1C(C)C. The van der Waals surface area contributed by atoms with E-state index in [0.717, 1.165) is 12.1 Å². The minimum atomic E-state index is -4.81. The van der Waals surface area contributed by atoms with E-state index >= 15 is 4.39 Å². The maximum Gasteiger partial charge on any atom is 0.425 e. The summed E-state index contributed by atoms with van der Waals surface area (Å²) in [7, 11) is 0. The van der Waals surface area contributed by atoms with E-state index in [9.17, 15) is 27.2 Å². The van der Waals surface area contributed by atoms with Gasteiger partial charge in [-0.15, -0.1) is 0 Å². The molecule has 1 aromatic heterocycles. The summed E-state index contributed by atoms with van der Waals surface area (Å²) >= 11 is 0. The van der Waals surface area contributed by atoms with Crippen molar-refractivity contribution in [2.24, 2.45) is 0 Å². The number of anilines is 1. The molecule has 34 heavy (non-hydrogen) atoms. The molecule has 12 heteroatoms. The average molecular weight is 484 g/mol. The van der Waals surface area contributed by atoms with Gasteiger partial charge in [0.05, 0.1) is 11.3 Å². The molecule has 182 valence electrons. The lowest BCUT2D eigenvalue weighted by molar-refractivity contribution is -0.189. The summed E-state index contributed by atoms with van der Waals surface area (Å²) < 4.78 is 75.3. The molecule has 3 aromatic rings. The van der Waals surface area contributed by atoms with E-state index in [0.29, 0.717) is 17.7 Å². The van der Waals surface area contributed by atoms with E-state index in [-0.39, 0.29) is 17.6 Å². The van der Waals surface area contributed by atoms with Gasteiger partial charge in [-0.25, -0.2) is 13.6 Å². The van der Waals surface area contributed by atoms with Crippen LogP contribution < -0.4 is 15.7 Å². The van der Waals surface area contributed by atoms with Crippen LogP contribution in [0.5, 0.6) is 5.75 Å². The molecule has 1 N–H and O–H groups in total. The predicted octanol–water partition coefficient (Wildman–Crippen LogP) is 4.78. The predicted molar refractivity (Wildman–Crippen MR) is 113 cm³/mol. The Labute approximate surface area is 190 Å². The average Bonchev–Trinajstić information content (AvgIpc) is 3.03. The van der Waals surface area contributed by atoms with Crippen LogP contribution in [0, 0.1) is 18.6 Å². The number of nitrogens with zero attached hydrogens (tertiary/aromatic N) is 3. The summed E-state index contributed by atoms with van der Waals surface area (Å²) in [6, 6.07) is 6.14. The molecule has 7 nitrogen and oxygen atoms in total. The molecule has 0 radical (unpaired) electrons. The van der Waals surface area contributed by atoms with Gasteiger partial charge in [0, 0.05) is 12.1 Å². The Morgan fingerprint density at radius 2 is 1.74 bits per heavy atom. The molecule has 2 aromatic carbocycles. The Morgan fingerprint density at radius 3 is 2.29 bits per heavy atom. The molecule has 1 heterocycles. The first kappa shape index (κ1) is 24.9. The highest BCUT2D eigenvalue weighted by atomic mass is 19.4. The fraction of sp³-hybridized carbons (Fsp3) is 0.318. The molecule has 1 atom stereocenters. The lowest BCUT2D eigenvalue weighted by Crippen LogP contribution is -2.32. The van der Waals surface area contributed by atoms with Crippen molar-refractivity contribution >= 4 is 11.6 Å². The van der Waals surface area contributed by atoms with Crippen LogP contribution in [0.15, 0.2) is 41.2 Å². The first-order valence-corrected chi connectivity index (χ1v) is 10.1. The number of hydrogen-bond donors (Lipinski definition) is 1. The lowest BCUT2D eigenvalue weighted by atomic mass is 10.1. The molecule has 0 aliphatic carbocycles. The van der Waals surface area contributed by atoms with Crippen molar-refractivity contribution in [1.82, 2.24) is 14.3 Å². The number of hydrogen-bond acceptors (Lipinski definition) is 4. The molecular formula is C22H21F5N4O3. The second kappa shape index (κ2) is 9.27. The number of ether oxygens (including phenoxy) is 1. The number of carbonyl (C=O) groups is 1. The number of alkyl halides is 3. The van der Waals surface area contributed by atoms with E-state index in [2.05, 4.69) is 10.4 Å². The topological polar surface area (TPSA) is 78.2 Å². The molecule has 1 amide bonds. The van der Waals surface area contributed by atoms with Crippen LogP contribution in [0.1, 0.15) is 43.0 Å². The van der Waals surface area contributed by atoms with Crippen molar-refractivity contribution in [3.8, 4) is 11.4 Å². The number of para-hydroxylation sites is 1. The van der Waals surface area contributed by atoms with E-state index in [1.165, 1.54) is 29.7 Å². The highest BCUT2D eigenvalue weighted by Crippen LogP contribution is 2.31. The summed E-state index contributed by atoms with van der Waals surface area (Å²) in [5.41, 5.74) is -2.15. The fourth-order valence-electron chi connectivity index (χ4n) is 3.22. The van der Waals surface area contributed by atoms with Gasteiger partial charge in [0.25, 0.3) is 5.91 Å². The van der Waals surface area contributed by atoms with Crippen molar-refractivity contribution < 1.29 is 31.5 Å². The van der Waals surface area contributed by atoms with Crippen LogP contribution >= 0.6 is 0 Å². The molecule has 0 fully saturated rings. The highest BCUT2D eigenvalue weighted by Gasteiger charge is 2.39. The van der Waals surface area contributed by atoms with Crippen molar-refractivity contribution in [3.63, 3.8) is 0 Å². The van der Waals surface area contributed by atoms with Crippen LogP contribution in [0.2, 0.25) is 0 Å². The normalized spacial score (nSPS) is 12.6. The smallest absolute Gasteiger partial charge is 0.425 e. The summed E-state index contributed by atoms with van der Waals surface area (Å²) in [5, 5.41) is 6.16. The van der Waals surface area contributed by atoms with Crippen LogP contribution in [0.25, 0.3) is 5.69 Å². The van der Waals surface area contributed by atoms with Crippen molar-refractivity contribution in [3.05, 3.63) is 69.9 Å². The van der Waals surface area contributed by atoms with E-state index in [1.54, 1.807) is 13.8 Å². The molecule has 0 unspecified atom stereocenters. The molecule has 0 aliphatic rings. The number of benzene rings is 2. The Balaban J connectivity index is 2.14. The number of nitrogens with one attached hydrogen (secondary N) is 1. The summed E-state index contributed by atoms with van der Waals surface area (Å²) in [6.07, 6.45) is -7.18. The largest absolute Gasteiger partial charge is 0.480 e. The second-order valence-corrected chi connectivity index (χ2v) is 7.74. The maximum atomic E-state index is 15.0. The third kappa shape index (κ3) is 4.95. The van der Waals surface area contributed by atoms with E-state index in [4.69, 9.17) is 4.74 Å². The number of aryl methyl sites for hydroxylation is 1. The monoisotopic (exact) mass is 484 g/mol. The van der Waals surface area contributed by atoms with E-state index < -0.39 is 52.5 Å². The maximum absolute atomic E-state index is 15.0. The minimum absolute atomic E-state index is 0.243. The third-order valence-electron chi connectivity index (χ3n) is 4.91. The fourth-order valence-corrected chi connectivity index (χ4v) is 3.22. The molecule has 0 aliphatic heterocycles. The van der Waals surface area contributed by atoms with E-state index in [1.807, 2.05) is 0 Å². The van der Waals surface area contributed by atoms with Crippen LogP contribution in [-0.4, -0.2) is 32.5 Å². The molecule has 0 bridgehead atoms. The number of carbonyl (C=O) groups excluding carboxylic acids is 1. The van der Waals surface area contributed by atoms with Gasteiger partial charge in [0.15, 0.2) is 6.10 Å². The van der Waals surface area contributed by atoms with Gasteiger partial charge in [-0.1, -0.05) is 12.1 Å².